The number of likely N-dealkylation sites (tertiary alicyclic amines) is 1. The molecule has 18 heavy (non-hydrogen) atoms. The van der Waals surface area contributed by atoms with E-state index in [4.69, 9.17) is 0 Å². The highest BCUT2D eigenvalue weighted by Gasteiger charge is 2.12. The van der Waals surface area contributed by atoms with Crippen LogP contribution in [0.1, 0.15) is 39.4 Å². The summed E-state index contributed by atoms with van der Waals surface area (Å²) in [6, 6.07) is 1.98. The van der Waals surface area contributed by atoms with E-state index >= 15 is 0 Å². The maximum absolute atomic E-state index is 11.9. The molecule has 1 aliphatic rings. The fourth-order valence-corrected chi connectivity index (χ4v) is 3.23. The van der Waals surface area contributed by atoms with Crippen molar-refractivity contribution in [3.63, 3.8) is 0 Å². The molecule has 0 saturated carbocycles. The van der Waals surface area contributed by atoms with Crippen LogP contribution in [0.5, 0.6) is 0 Å². The molecule has 0 aliphatic carbocycles. The van der Waals surface area contributed by atoms with Crippen molar-refractivity contribution in [1.82, 2.24) is 10.2 Å². The van der Waals surface area contributed by atoms with Crippen molar-refractivity contribution < 1.29 is 4.79 Å². The van der Waals surface area contributed by atoms with Crippen molar-refractivity contribution >= 4 is 17.2 Å². The number of hydrogen-bond donors (Lipinski definition) is 1. The second-order valence-corrected chi connectivity index (χ2v) is 6.26. The molecule has 1 aromatic rings. The van der Waals surface area contributed by atoms with Crippen molar-refractivity contribution in [2.24, 2.45) is 0 Å². The summed E-state index contributed by atoms with van der Waals surface area (Å²) < 4.78 is 0. The number of carbonyl (C=O) groups excluding carboxylic acids is 1. The van der Waals surface area contributed by atoms with Crippen LogP contribution in [0.2, 0.25) is 0 Å². The fourth-order valence-electron chi connectivity index (χ4n) is 2.28. The first-order chi connectivity index (χ1) is 8.66. The first kappa shape index (κ1) is 13.6. The van der Waals surface area contributed by atoms with Crippen molar-refractivity contribution in [3.8, 4) is 0 Å². The number of thiophene rings is 1. The molecule has 1 aliphatic heterocycles. The molecule has 1 saturated heterocycles. The molecule has 1 fully saturated rings. The van der Waals surface area contributed by atoms with Crippen LogP contribution in [0, 0.1) is 13.8 Å². The summed E-state index contributed by atoms with van der Waals surface area (Å²) in [6.45, 7) is 8.23. The number of nitrogens with one attached hydrogen (secondary N) is 1. The third-order valence-electron chi connectivity index (χ3n) is 3.55. The van der Waals surface area contributed by atoms with Crippen molar-refractivity contribution in [3.05, 3.63) is 21.4 Å². The zero-order chi connectivity index (χ0) is 13.0. The lowest BCUT2D eigenvalue weighted by molar-refractivity contribution is 0.0950. The van der Waals surface area contributed by atoms with E-state index < -0.39 is 0 Å². The predicted molar refractivity (Wildman–Crippen MR) is 76.4 cm³/mol. The van der Waals surface area contributed by atoms with E-state index in [1.165, 1.54) is 42.8 Å². The highest BCUT2D eigenvalue weighted by Crippen LogP contribution is 2.20. The number of piperidine rings is 1. The molecule has 3 nitrogen and oxygen atoms in total. The SMILES string of the molecule is Cc1cc(C(=O)NCCN2CCCCC2)sc1C. The second-order valence-electron chi connectivity index (χ2n) is 5.01. The molecule has 2 rings (SSSR count). The molecule has 0 spiro atoms. The predicted octanol–water partition coefficient (Wildman–Crippen LogP) is 2.58. The average Bonchev–Trinajstić information content (AvgIpc) is 2.71. The van der Waals surface area contributed by atoms with E-state index in [2.05, 4.69) is 24.1 Å². The lowest BCUT2D eigenvalue weighted by Gasteiger charge is -2.26. The van der Waals surface area contributed by atoms with Crippen LogP contribution in [0.4, 0.5) is 0 Å². The first-order valence-corrected chi connectivity index (χ1v) is 7.56. The van der Waals surface area contributed by atoms with Gasteiger partial charge in [0.15, 0.2) is 0 Å². The van der Waals surface area contributed by atoms with Gasteiger partial charge in [-0.05, 0) is 51.4 Å². The minimum Gasteiger partial charge on any atom is -0.350 e. The normalized spacial score (nSPS) is 16.8. The topological polar surface area (TPSA) is 32.3 Å². The molecule has 1 amide bonds. The Morgan fingerprint density at radius 2 is 2.06 bits per heavy atom. The third kappa shape index (κ3) is 3.56. The number of rotatable bonds is 4. The van der Waals surface area contributed by atoms with Gasteiger partial charge in [-0.2, -0.15) is 0 Å². The monoisotopic (exact) mass is 266 g/mol. The zero-order valence-corrected chi connectivity index (χ0v) is 12.1. The molecule has 1 aromatic heterocycles. The maximum atomic E-state index is 11.9. The van der Waals surface area contributed by atoms with Crippen LogP contribution in [0.3, 0.4) is 0 Å². The first-order valence-electron chi connectivity index (χ1n) is 6.74. The van der Waals surface area contributed by atoms with Gasteiger partial charge >= 0.3 is 0 Å². The minimum atomic E-state index is 0.0770. The summed E-state index contributed by atoms with van der Waals surface area (Å²) in [5.74, 6) is 0.0770. The standard InChI is InChI=1S/C14H22N2OS/c1-11-10-13(18-12(11)2)14(17)15-6-9-16-7-4-3-5-8-16/h10H,3-9H2,1-2H3,(H,15,17). The molecular weight excluding hydrogens is 244 g/mol. The molecule has 4 heteroatoms. The minimum absolute atomic E-state index is 0.0770. The van der Waals surface area contributed by atoms with E-state index in [-0.39, 0.29) is 5.91 Å². The largest absolute Gasteiger partial charge is 0.350 e. The number of nitrogens with zero attached hydrogens (tertiary/aromatic N) is 1. The zero-order valence-electron chi connectivity index (χ0n) is 11.3. The summed E-state index contributed by atoms with van der Waals surface area (Å²) in [7, 11) is 0. The summed E-state index contributed by atoms with van der Waals surface area (Å²) in [6.07, 6.45) is 3.96. The van der Waals surface area contributed by atoms with Crippen LogP contribution in [0.15, 0.2) is 6.07 Å². The summed E-state index contributed by atoms with van der Waals surface area (Å²) in [5, 5.41) is 3.02. The van der Waals surface area contributed by atoms with E-state index in [1.54, 1.807) is 11.3 Å². The van der Waals surface area contributed by atoms with E-state index in [1.807, 2.05) is 6.07 Å². The highest BCUT2D eigenvalue weighted by molar-refractivity contribution is 7.14. The quantitative estimate of drug-likeness (QED) is 0.908. The molecule has 1 N–H and O–H groups in total. The lowest BCUT2D eigenvalue weighted by atomic mass is 10.1. The number of amides is 1. The molecule has 0 atom stereocenters. The maximum Gasteiger partial charge on any atom is 0.261 e. The van der Waals surface area contributed by atoms with Crippen LogP contribution in [-0.2, 0) is 0 Å². The van der Waals surface area contributed by atoms with Crippen LogP contribution >= 0.6 is 11.3 Å². The molecule has 0 aromatic carbocycles. The van der Waals surface area contributed by atoms with Crippen LogP contribution < -0.4 is 5.32 Å². The van der Waals surface area contributed by atoms with Gasteiger partial charge in [0.1, 0.15) is 0 Å². The second kappa shape index (κ2) is 6.34. The smallest absolute Gasteiger partial charge is 0.261 e. The van der Waals surface area contributed by atoms with Gasteiger partial charge in [0.2, 0.25) is 0 Å². The molecule has 0 radical (unpaired) electrons. The van der Waals surface area contributed by atoms with Crippen LogP contribution in [-0.4, -0.2) is 37.0 Å². The molecule has 2 heterocycles. The van der Waals surface area contributed by atoms with Crippen molar-refractivity contribution in [2.45, 2.75) is 33.1 Å². The fraction of sp³-hybridized carbons (Fsp3) is 0.643. The molecule has 0 bridgehead atoms. The Balaban J connectivity index is 1.74. The van der Waals surface area contributed by atoms with E-state index in [9.17, 15) is 4.79 Å². The summed E-state index contributed by atoms with van der Waals surface area (Å²) in [4.78, 5) is 16.4. The Morgan fingerprint density at radius 3 is 2.67 bits per heavy atom. The van der Waals surface area contributed by atoms with E-state index in [0.717, 1.165) is 18.0 Å². The van der Waals surface area contributed by atoms with Gasteiger partial charge in [-0.15, -0.1) is 11.3 Å². The molecule has 0 unspecified atom stereocenters. The Morgan fingerprint density at radius 1 is 1.33 bits per heavy atom. The van der Waals surface area contributed by atoms with Crippen LogP contribution in [0.25, 0.3) is 0 Å². The van der Waals surface area contributed by atoms with Gasteiger partial charge in [-0.1, -0.05) is 6.42 Å². The lowest BCUT2D eigenvalue weighted by Crippen LogP contribution is -2.37. The van der Waals surface area contributed by atoms with Gasteiger partial charge in [0, 0.05) is 18.0 Å². The highest BCUT2D eigenvalue weighted by atomic mass is 32.1. The number of hydrogen-bond acceptors (Lipinski definition) is 3. The Bertz CT molecular complexity index is 388. The van der Waals surface area contributed by atoms with Gasteiger partial charge in [-0.3, -0.25) is 4.79 Å². The Hall–Kier alpha value is -0.870. The Labute approximate surface area is 113 Å². The van der Waals surface area contributed by atoms with Gasteiger partial charge in [0.05, 0.1) is 4.88 Å². The number of carbonyl (C=O) groups is 1. The summed E-state index contributed by atoms with van der Waals surface area (Å²) in [5.41, 5.74) is 1.21. The van der Waals surface area contributed by atoms with Gasteiger partial charge in [0.25, 0.3) is 5.91 Å². The van der Waals surface area contributed by atoms with Gasteiger partial charge in [-0.25, -0.2) is 0 Å². The molecular formula is C14H22N2OS. The summed E-state index contributed by atoms with van der Waals surface area (Å²) >= 11 is 1.58. The average molecular weight is 266 g/mol. The van der Waals surface area contributed by atoms with Crippen molar-refractivity contribution in [2.75, 3.05) is 26.2 Å². The number of aryl methyl sites for hydroxylation is 2. The van der Waals surface area contributed by atoms with Gasteiger partial charge < -0.3 is 10.2 Å². The van der Waals surface area contributed by atoms with E-state index in [0.29, 0.717) is 0 Å². The Kier molecular flexibility index (Phi) is 4.78. The van der Waals surface area contributed by atoms with Crippen molar-refractivity contribution in [1.29, 1.82) is 0 Å². The molecule has 100 valence electrons. The third-order valence-corrected chi connectivity index (χ3v) is 4.70.